The van der Waals surface area contributed by atoms with E-state index in [1.807, 2.05) is 31.2 Å². The topological polar surface area (TPSA) is 55.4 Å². The first-order valence-electron chi connectivity index (χ1n) is 7.17. The first-order chi connectivity index (χ1) is 10.4. The minimum atomic E-state index is -3.42. The van der Waals surface area contributed by atoms with Gasteiger partial charge < -0.3 is 4.74 Å². The van der Waals surface area contributed by atoms with Crippen molar-refractivity contribution >= 4 is 21.4 Å². The highest BCUT2D eigenvalue weighted by molar-refractivity contribution is 7.91. The molecule has 0 spiro atoms. The van der Waals surface area contributed by atoms with Crippen molar-refractivity contribution in [3.05, 3.63) is 46.8 Å². The van der Waals surface area contributed by atoms with Crippen molar-refractivity contribution in [2.75, 3.05) is 13.2 Å². The third-order valence-electron chi connectivity index (χ3n) is 3.19. The van der Waals surface area contributed by atoms with Crippen LogP contribution in [0.1, 0.15) is 30.2 Å². The van der Waals surface area contributed by atoms with Crippen LogP contribution in [0.3, 0.4) is 0 Å². The van der Waals surface area contributed by atoms with Gasteiger partial charge in [-0.2, -0.15) is 0 Å². The molecule has 1 heterocycles. The number of hydrogen-bond acceptors (Lipinski definition) is 4. The smallest absolute Gasteiger partial charge is 0.250 e. The van der Waals surface area contributed by atoms with Gasteiger partial charge in [0.2, 0.25) is 10.0 Å². The third kappa shape index (κ3) is 4.56. The summed E-state index contributed by atoms with van der Waals surface area (Å²) in [6.07, 6.45) is 0. The van der Waals surface area contributed by atoms with Gasteiger partial charge in [-0.05, 0) is 42.7 Å². The standard InChI is InChI=1S/C16H21NO3S2/c1-12(2)14-5-7-15(8-6-14)20-11-10-17-22(18,19)16-9-4-13(3)21-16/h4-9,12,17H,10-11H2,1-3H3. The molecule has 4 nitrogen and oxygen atoms in total. The molecule has 0 saturated heterocycles. The molecule has 1 N–H and O–H groups in total. The molecule has 0 radical (unpaired) electrons. The maximum absolute atomic E-state index is 12.0. The van der Waals surface area contributed by atoms with E-state index in [4.69, 9.17) is 4.74 Å². The van der Waals surface area contributed by atoms with Crippen LogP contribution in [0.2, 0.25) is 0 Å². The van der Waals surface area contributed by atoms with Crippen LogP contribution in [0.15, 0.2) is 40.6 Å². The number of thiophene rings is 1. The summed E-state index contributed by atoms with van der Waals surface area (Å²) in [5, 5.41) is 0. The van der Waals surface area contributed by atoms with Crippen molar-refractivity contribution < 1.29 is 13.2 Å². The summed E-state index contributed by atoms with van der Waals surface area (Å²) in [6.45, 7) is 6.69. The van der Waals surface area contributed by atoms with Crippen LogP contribution in [-0.4, -0.2) is 21.6 Å². The minimum absolute atomic E-state index is 0.241. The Balaban J connectivity index is 1.82. The van der Waals surface area contributed by atoms with Crippen molar-refractivity contribution in [1.29, 1.82) is 0 Å². The average molecular weight is 339 g/mol. The summed E-state index contributed by atoms with van der Waals surface area (Å²) in [5.41, 5.74) is 1.25. The van der Waals surface area contributed by atoms with E-state index in [0.717, 1.165) is 10.6 Å². The lowest BCUT2D eigenvalue weighted by atomic mass is 10.0. The van der Waals surface area contributed by atoms with Gasteiger partial charge in [-0.3, -0.25) is 0 Å². The van der Waals surface area contributed by atoms with Crippen molar-refractivity contribution in [3.8, 4) is 5.75 Å². The van der Waals surface area contributed by atoms with E-state index in [0.29, 0.717) is 16.7 Å². The molecule has 2 rings (SSSR count). The Morgan fingerprint density at radius 2 is 1.82 bits per heavy atom. The summed E-state index contributed by atoms with van der Waals surface area (Å²) in [6, 6.07) is 11.3. The molecule has 6 heteroatoms. The predicted octanol–water partition coefficient (Wildman–Crippen LogP) is 3.54. The van der Waals surface area contributed by atoms with Crippen LogP contribution >= 0.6 is 11.3 Å². The van der Waals surface area contributed by atoms with E-state index < -0.39 is 10.0 Å². The molecular formula is C16H21NO3S2. The Bertz CT molecular complexity index is 703. The minimum Gasteiger partial charge on any atom is -0.492 e. The maximum Gasteiger partial charge on any atom is 0.250 e. The highest BCUT2D eigenvalue weighted by Gasteiger charge is 2.15. The van der Waals surface area contributed by atoms with Gasteiger partial charge in [0, 0.05) is 11.4 Å². The summed E-state index contributed by atoms with van der Waals surface area (Å²) >= 11 is 1.26. The average Bonchev–Trinajstić information content (AvgIpc) is 2.92. The lowest BCUT2D eigenvalue weighted by Crippen LogP contribution is -2.27. The normalized spacial score (nSPS) is 11.8. The van der Waals surface area contributed by atoms with Gasteiger partial charge in [-0.25, -0.2) is 13.1 Å². The van der Waals surface area contributed by atoms with Gasteiger partial charge in [0.15, 0.2) is 0 Å². The zero-order chi connectivity index (χ0) is 16.2. The van der Waals surface area contributed by atoms with Gasteiger partial charge in [-0.1, -0.05) is 26.0 Å². The van der Waals surface area contributed by atoms with Crippen LogP contribution < -0.4 is 9.46 Å². The van der Waals surface area contributed by atoms with E-state index in [2.05, 4.69) is 18.6 Å². The van der Waals surface area contributed by atoms with E-state index in [-0.39, 0.29) is 6.54 Å². The quantitative estimate of drug-likeness (QED) is 0.785. The zero-order valence-corrected chi connectivity index (χ0v) is 14.6. The molecule has 0 aliphatic rings. The van der Waals surface area contributed by atoms with Crippen molar-refractivity contribution in [2.24, 2.45) is 0 Å². The summed E-state index contributed by atoms with van der Waals surface area (Å²) in [5.74, 6) is 1.23. The fourth-order valence-corrected chi connectivity index (χ4v) is 4.26. The zero-order valence-electron chi connectivity index (χ0n) is 13.0. The Hall–Kier alpha value is -1.37. The van der Waals surface area contributed by atoms with Gasteiger partial charge in [0.25, 0.3) is 0 Å². The molecule has 1 aromatic heterocycles. The Morgan fingerprint density at radius 1 is 1.14 bits per heavy atom. The fourth-order valence-electron chi connectivity index (χ4n) is 1.92. The second-order valence-corrected chi connectivity index (χ2v) is 8.62. The molecule has 22 heavy (non-hydrogen) atoms. The molecular weight excluding hydrogens is 318 g/mol. The molecule has 2 aromatic rings. The molecule has 0 fully saturated rings. The number of aryl methyl sites for hydroxylation is 1. The molecule has 0 atom stereocenters. The largest absolute Gasteiger partial charge is 0.492 e. The molecule has 0 aliphatic carbocycles. The Morgan fingerprint density at radius 3 is 2.36 bits per heavy atom. The molecule has 0 aliphatic heterocycles. The summed E-state index contributed by atoms with van der Waals surface area (Å²) in [4.78, 5) is 0.974. The number of sulfonamides is 1. The first kappa shape index (κ1) is 17.0. The van der Waals surface area contributed by atoms with Crippen LogP contribution in [-0.2, 0) is 10.0 Å². The molecule has 0 saturated carbocycles. The summed E-state index contributed by atoms with van der Waals surface area (Å²) in [7, 11) is -3.42. The van der Waals surface area contributed by atoms with Gasteiger partial charge in [0.05, 0.1) is 0 Å². The second kappa shape index (κ2) is 7.26. The van der Waals surface area contributed by atoms with Crippen molar-refractivity contribution in [1.82, 2.24) is 4.72 Å². The summed E-state index contributed by atoms with van der Waals surface area (Å²) < 4.78 is 32.5. The van der Waals surface area contributed by atoms with E-state index in [1.54, 1.807) is 12.1 Å². The molecule has 0 bridgehead atoms. The highest BCUT2D eigenvalue weighted by atomic mass is 32.2. The van der Waals surface area contributed by atoms with Gasteiger partial charge in [0.1, 0.15) is 16.6 Å². The van der Waals surface area contributed by atoms with Crippen molar-refractivity contribution in [3.63, 3.8) is 0 Å². The lowest BCUT2D eigenvalue weighted by molar-refractivity contribution is 0.323. The Kier molecular flexibility index (Phi) is 5.61. The first-order valence-corrected chi connectivity index (χ1v) is 9.47. The third-order valence-corrected chi connectivity index (χ3v) is 6.14. The van der Waals surface area contributed by atoms with Crippen LogP contribution in [0.5, 0.6) is 5.75 Å². The highest BCUT2D eigenvalue weighted by Crippen LogP contribution is 2.20. The number of ether oxygens (including phenoxy) is 1. The fraction of sp³-hybridized carbons (Fsp3) is 0.375. The van der Waals surface area contributed by atoms with Gasteiger partial charge >= 0.3 is 0 Å². The number of benzene rings is 1. The van der Waals surface area contributed by atoms with E-state index in [1.165, 1.54) is 16.9 Å². The molecule has 0 unspecified atom stereocenters. The molecule has 0 amide bonds. The maximum atomic E-state index is 12.0. The second-order valence-electron chi connectivity index (χ2n) is 5.34. The van der Waals surface area contributed by atoms with E-state index >= 15 is 0 Å². The molecule has 1 aromatic carbocycles. The van der Waals surface area contributed by atoms with E-state index in [9.17, 15) is 8.42 Å². The monoisotopic (exact) mass is 339 g/mol. The van der Waals surface area contributed by atoms with Crippen LogP contribution in [0.25, 0.3) is 0 Å². The number of rotatable bonds is 7. The SMILES string of the molecule is Cc1ccc(S(=O)(=O)NCCOc2ccc(C(C)C)cc2)s1. The lowest BCUT2D eigenvalue weighted by Gasteiger charge is -2.09. The van der Waals surface area contributed by atoms with Crippen LogP contribution in [0, 0.1) is 6.92 Å². The number of hydrogen-bond donors (Lipinski definition) is 1. The van der Waals surface area contributed by atoms with Crippen molar-refractivity contribution in [2.45, 2.75) is 30.9 Å². The molecule has 120 valence electrons. The van der Waals surface area contributed by atoms with Crippen LogP contribution in [0.4, 0.5) is 0 Å². The number of nitrogens with one attached hydrogen (secondary N) is 1. The predicted molar refractivity (Wildman–Crippen MR) is 90.3 cm³/mol. The van der Waals surface area contributed by atoms with Gasteiger partial charge in [-0.15, -0.1) is 11.3 Å². The Labute approximate surface area is 136 Å².